The second-order valence-corrected chi connectivity index (χ2v) is 4.49. The van der Waals surface area contributed by atoms with Gasteiger partial charge in [-0.2, -0.15) is 0 Å². The van der Waals surface area contributed by atoms with Crippen molar-refractivity contribution in [3.05, 3.63) is 35.9 Å². The molecule has 112 valence electrons. The number of amides is 1. The number of ether oxygens (including phenoxy) is 1. The van der Waals surface area contributed by atoms with Gasteiger partial charge in [0.15, 0.2) is 0 Å². The van der Waals surface area contributed by atoms with Gasteiger partial charge in [0.25, 0.3) is 0 Å². The Hall–Kier alpha value is -1.47. The Morgan fingerprint density at radius 2 is 1.90 bits per heavy atom. The molecule has 0 aromatic heterocycles. The number of nitrogens with one attached hydrogen (secondary N) is 1. The normalized spacial score (nSPS) is 15.4. The van der Waals surface area contributed by atoms with E-state index in [1.165, 1.54) is 6.92 Å². The Labute approximate surface area is 118 Å². The van der Waals surface area contributed by atoms with Gasteiger partial charge in [0.2, 0.25) is 5.91 Å². The molecule has 1 amide bonds. The zero-order chi connectivity index (χ0) is 15.0. The summed E-state index contributed by atoms with van der Waals surface area (Å²) in [6.07, 6.45) is -2.01. The first kappa shape index (κ1) is 16.6. The van der Waals surface area contributed by atoms with E-state index in [2.05, 4.69) is 5.32 Å². The molecule has 0 saturated heterocycles. The Morgan fingerprint density at radius 3 is 2.40 bits per heavy atom. The lowest BCUT2D eigenvalue weighted by molar-refractivity contribution is -0.124. The quantitative estimate of drug-likeness (QED) is 0.512. The summed E-state index contributed by atoms with van der Waals surface area (Å²) in [5.41, 5.74) is 0.908. The summed E-state index contributed by atoms with van der Waals surface area (Å²) in [5.74, 6) is -0.371. The number of aliphatic hydroxyl groups excluding tert-OH is 3. The fraction of sp³-hybridized carbons (Fsp3) is 0.500. The highest BCUT2D eigenvalue weighted by atomic mass is 16.5. The topological polar surface area (TPSA) is 99.0 Å². The zero-order valence-electron chi connectivity index (χ0n) is 11.4. The van der Waals surface area contributed by atoms with Crippen LogP contribution in [0, 0.1) is 0 Å². The number of benzene rings is 1. The van der Waals surface area contributed by atoms with Gasteiger partial charge in [-0.1, -0.05) is 30.3 Å². The van der Waals surface area contributed by atoms with E-state index in [4.69, 9.17) is 9.84 Å². The van der Waals surface area contributed by atoms with Crippen LogP contribution in [0.25, 0.3) is 0 Å². The average molecular weight is 283 g/mol. The SMILES string of the molecule is CC(=O)N[C@H]([C@@H](O)CO)[C@@H](CO)OCc1ccccc1. The molecule has 0 aliphatic carbocycles. The number of aliphatic hydroxyl groups is 3. The molecule has 1 aromatic rings. The standard InChI is InChI=1S/C14H21NO5/c1-10(18)15-14(12(19)7-16)13(8-17)20-9-11-5-3-2-4-6-11/h2-6,12-14,16-17,19H,7-9H2,1H3,(H,15,18)/t12-,13+,14+/m0/s1. The highest BCUT2D eigenvalue weighted by Gasteiger charge is 2.29. The second-order valence-electron chi connectivity index (χ2n) is 4.49. The minimum absolute atomic E-state index is 0.236. The first-order valence-corrected chi connectivity index (χ1v) is 6.41. The van der Waals surface area contributed by atoms with Crippen LogP contribution < -0.4 is 5.32 Å². The van der Waals surface area contributed by atoms with Crippen LogP contribution in [-0.2, 0) is 16.1 Å². The lowest BCUT2D eigenvalue weighted by Crippen LogP contribution is -2.53. The summed E-state index contributed by atoms with van der Waals surface area (Å²) in [5, 5.41) is 30.6. The van der Waals surface area contributed by atoms with Crippen molar-refractivity contribution in [1.82, 2.24) is 5.32 Å². The summed E-state index contributed by atoms with van der Waals surface area (Å²) in [6, 6.07) is 8.46. The number of carbonyl (C=O) groups excluding carboxylic acids is 1. The Kier molecular flexibility index (Phi) is 7.17. The molecule has 0 radical (unpaired) electrons. The van der Waals surface area contributed by atoms with Crippen molar-refractivity contribution in [3.8, 4) is 0 Å². The number of hydrogen-bond donors (Lipinski definition) is 4. The van der Waals surface area contributed by atoms with Crippen LogP contribution in [0.3, 0.4) is 0 Å². The average Bonchev–Trinajstić information content (AvgIpc) is 2.46. The monoisotopic (exact) mass is 283 g/mol. The van der Waals surface area contributed by atoms with Gasteiger partial charge in [-0.05, 0) is 5.56 Å². The van der Waals surface area contributed by atoms with E-state index in [0.29, 0.717) is 0 Å². The summed E-state index contributed by atoms with van der Waals surface area (Å²) >= 11 is 0. The van der Waals surface area contributed by atoms with Crippen LogP contribution in [0.4, 0.5) is 0 Å². The Balaban J connectivity index is 2.67. The molecule has 4 N–H and O–H groups in total. The van der Waals surface area contributed by atoms with E-state index in [1.807, 2.05) is 30.3 Å². The van der Waals surface area contributed by atoms with E-state index in [-0.39, 0.29) is 19.1 Å². The summed E-state index contributed by atoms with van der Waals surface area (Å²) < 4.78 is 5.53. The lowest BCUT2D eigenvalue weighted by Gasteiger charge is -2.29. The molecule has 1 aromatic carbocycles. The van der Waals surface area contributed by atoms with E-state index < -0.39 is 24.9 Å². The molecule has 1 rings (SSSR count). The highest BCUT2D eigenvalue weighted by molar-refractivity contribution is 5.73. The number of carbonyl (C=O) groups is 1. The fourth-order valence-electron chi connectivity index (χ4n) is 1.83. The van der Waals surface area contributed by atoms with Crippen LogP contribution in [0.15, 0.2) is 30.3 Å². The van der Waals surface area contributed by atoms with Gasteiger partial charge in [0.05, 0.1) is 32.0 Å². The first-order chi connectivity index (χ1) is 9.58. The van der Waals surface area contributed by atoms with Gasteiger partial charge in [-0.25, -0.2) is 0 Å². The van der Waals surface area contributed by atoms with Crippen molar-refractivity contribution in [2.75, 3.05) is 13.2 Å². The smallest absolute Gasteiger partial charge is 0.217 e. The maximum absolute atomic E-state index is 11.1. The van der Waals surface area contributed by atoms with E-state index in [1.54, 1.807) is 0 Å². The van der Waals surface area contributed by atoms with Crippen LogP contribution in [0.1, 0.15) is 12.5 Å². The third-order valence-corrected chi connectivity index (χ3v) is 2.86. The molecule has 0 unspecified atom stereocenters. The fourth-order valence-corrected chi connectivity index (χ4v) is 1.83. The van der Waals surface area contributed by atoms with Crippen LogP contribution in [0.5, 0.6) is 0 Å². The summed E-state index contributed by atoms with van der Waals surface area (Å²) in [6.45, 7) is 0.619. The van der Waals surface area contributed by atoms with E-state index >= 15 is 0 Å². The van der Waals surface area contributed by atoms with Crippen LogP contribution >= 0.6 is 0 Å². The summed E-state index contributed by atoms with van der Waals surface area (Å²) in [7, 11) is 0. The minimum Gasteiger partial charge on any atom is -0.394 e. The Bertz CT molecular complexity index is 398. The second kappa shape index (κ2) is 8.65. The van der Waals surface area contributed by atoms with Gasteiger partial charge >= 0.3 is 0 Å². The molecule has 0 aliphatic rings. The van der Waals surface area contributed by atoms with Crippen molar-refractivity contribution in [2.45, 2.75) is 31.8 Å². The number of rotatable bonds is 8. The van der Waals surface area contributed by atoms with Crippen molar-refractivity contribution in [2.24, 2.45) is 0 Å². The largest absolute Gasteiger partial charge is 0.394 e. The maximum atomic E-state index is 11.1. The van der Waals surface area contributed by atoms with Crippen molar-refractivity contribution < 1.29 is 24.9 Å². The molecule has 0 bridgehead atoms. The maximum Gasteiger partial charge on any atom is 0.217 e. The molecule has 6 heteroatoms. The summed E-state index contributed by atoms with van der Waals surface area (Å²) in [4.78, 5) is 11.1. The number of hydrogen-bond acceptors (Lipinski definition) is 5. The van der Waals surface area contributed by atoms with Gasteiger partial charge in [-0.15, -0.1) is 0 Å². The van der Waals surface area contributed by atoms with Crippen LogP contribution in [0.2, 0.25) is 0 Å². The van der Waals surface area contributed by atoms with Crippen molar-refractivity contribution in [1.29, 1.82) is 0 Å². The molecule has 0 spiro atoms. The van der Waals surface area contributed by atoms with Gasteiger partial charge in [0, 0.05) is 6.92 Å². The molecular weight excluding hydrogens is 262 g/mol. The highest BCUT2D eigenvalue weighted by Crippen LogP contribution is 2.09. The Morgan fingerprint density at radius 1 is 1.25 bits per heavy atom. The minimum atomic E-state index is -1.20. The van der Waals surface area contributed by atoms with Crippen molar-refractivity contribution >= 4 is 5.91 Å². The first-order valence-electron chi connectivity index (χ1n) is 6.41. The third kappa shape index (κ3) is 5.26. The molecule has 0 aliphatic heterocycles. The zero-order valence-corrected chi connectivity index (χ0v) is 11.4. The molecule has 6 nitrogen and oxygen atoms in total. The predicted octanol–water partition coefficient (Wildman–Crippen LogP) is -0.578. The van der Waals surface area contributed by atoms with Crippen LogP contribution in [-0.4, -0.2) is 52.7 Å². The lowest BCUT2D eigenvalue weighted by atomic mass is 10.1. The molecule has 3 atom stereocenters. The van der Waals surface area contributed by atoms with Crippen molar-refractivity contribution in [3.63, 3.8) is 0 Å². The molecular formula is C14H21NO5. The predicted molar refractivity (Wildman–Crippen MR) is 72.8 cm³/mol. The van der Waals surface area contributed by atoms with E-state index in [0.717, 1.165) is 5.56 Å². The van der Waals surface area contributed by atoms with Gasteiger partial charge in [-0.3, -0.25) is 4.79 Å². The molecule has 0 fully saturated rings. The molecule has 0 saturated carbocycles. The van der Waals surface area contributed by atoms with Gasteiger partial charge in [0.1, 0.15) is 6.10 Å². The third-order valence-electron chi connectivity index (χ3n) is 2.86. The molecule has 0 heterocycles. The molecule has 20 heavy (non-hydrogen) atoms. The van der Waals surface area contributed by atoms with Gasteiger partial charge < -0.3 is 25.4 Å². The van der Waals surface area contributed by atoms with E-state index in [9.17, 15) is 15.0 Å².